The van der Waals surface area contributed by atoms with Crippen LogP contribution >= 0.6 is 0 Å². The summed E-state index contributed by atoms with van der Waals surface area (Å²) in [5.41, 5.74) is 0.998. The first-order chi connectivity index (χ1) is 14.2. The van der Waals surface area contributed by atoms with E-state index in [1.54, 1.807) is 7.11 Å². The zero-order valence-electron chi connectivity index (χ0n) is 16.8. The van der Waals surface area contributed by atoms with Gasteiger partial charge in [0.2, 0.25) is 11.8 Å². The number of amides is 2. The number of rotatable bonds is 8. The third-order valence-electron chi connectivity index (χ3n) is 5.07. The topological polar surface area (TPSA) is 67.9 Å². The highest BCUT2D eigenvalue weighted by Gasteiger charge is 2.28. The van der Waals surface area contributed by atoms with Crippen LogP contribution in [0.5, 0.6) is 11.5 Å². The maximum Gasteiger partial charge on any atom is 0.227 e. The number of nitrogens with one attached hydrogen (secondary N) is 1. The van der Waals surface area contributed by atoms with Gasteiger partial charge in [0.25, 0.3) is 0 Å². The summed E-state index contributed by atoms with van der Waals surface area (Å²) in [6.07, 6.45) is 2.02. The Morgan fingerprint density at radius 3 is 2.55 bits per heavy atom. The maximum absolute atomic E-state index is 12.6. The van der Waals surface area contributed by atoms with Crippen molar-refractivity contribution in [3.63, 3.8) is 0 Å². The molecule has 0 aromatic heterocycles. The summed E-state index contributed by atoms with van der Waals surface area (Å²) >= 11 is 0. The Morgan fingerprint density at radius 1 is 1.07 bits per heavy atom. The molecular weight excluding hydrogens is 368 g/mol. The van der Waals surface area contributed by atoms with Crippen LogP contribution in [0.2, 0.25) is 0 Å². The fraction of sp³-hybridized carbons (Fsp3) is 0.391. The van der Waals surface area contributed by atoms with Gasteiger partial charge >= 0.3 is 0 Å². The largest absolute Gasteiger partial charge is 0.493 e. The summed E-state index contributed by atoms with van der Waals surface area (Å²) in [5, 5.41) is 2.93. The Kier molecular flexibility index (Phi) is 7.50. The summed E-state index contributed by atoms with van der Waals surface area (Å²) in [6, 6.07) is 17.1. The molecule has 0 bridgehead atoms. The van der Waals surface area contributed by atoms with Crippen molar-refractivity contribution >= 4 is 11.8 Å². The Morgan fingerprint density at radius 2 is 1.79 bits per heavy atom. The molecule has 6 heteroatoms. The maximum atomic E-state index is 12.6. The summed E-state index contributed by atoms with van der Waals surface area (Å²) in [7, 11) is 1.60. The second-order valence-corrected chi connectivity index (χ2v) is 7.13. The van der Waals surface area contributed by atoms with Crippen LogP contribution in [-0.2, 0) is 16.0 Å². The predicted molar refractivity (Wildman–Crippen MR) is 111 cm³/mol. The predicted octanol–water partition coefficient (Wildman–Crippen LogP) is 2.67. The number of hydrogen-bond acceptors (Lipinski definition) is 4. The molecule has 0 saturated carbocycles. The van der Waals surface area contributed by atoms with Crippen LogP contribution in [0, 0.1) is 5.92 Å². The molecule has 0 radical (unpaired) electrons. The molecule has 1 unspecified atom stereocenters. The van der Waals surface area contributed by atoms with Crippen molar-refractivity contribution in [1.29, 1.82) is 0 Å². The minimum atomic E-state index is -0.172. The highest BCUT2D eigenvalue weighted by atomic mass is 16.5. The first kappa shape index (κ1) is 20.7. The lowest BCUT2D eigenvalue weighted by molar-refractivity contribution is -0.135. The van der Waals surface area contributed by atoms with Crippen LogP contribution < -0.4 is 14.8 Å². The Balaban J connectivity index is 1.42. The number of likely N-dealkylation sites (tertiary alicyclic amines) is 1. The molecule has 0 aliphatic carbocycles. The average molecular weight is 396 g/mol. The van der Waals surface area contributed by atoms with Crippen LogP contribution in [0.25, 0.3) is 0 Å². The van der Waals surface area contributed by atoms with Crippen LogP contribution in [0.1, 0.15) is 18.4 Å². The molecule has 0 spiro atoms. The lowest BCUT2D eigenvalue weighted by atomic mass is 9.96. The summed E-state index contributed by atoms with van der Waals surface area (Å²) in [4.78, 5) is 26.9. The molecule has 2 aromatic carbocycles. The number of piperidine rings is 1. The second kappa shape index (κ2) is 10.5. The van der Waals surface area contributed by atoms with Crippen LogP contribution in [0.4, 0.5) is 0 Å². The normalized spacial score (nSPS) is 16.2. The highest BCUT2D eigenvalue weighted by molar-refractivity contribution is 5.82. The average Bonchev–Trinajstić information content (AvgIpc) is 2.77. The number of carbonyl (C=O) groups excluding carboxylic acids is 2. The molecule has 154 valence electrons. The molecule has 6 nitrogen and oxygen atoms in total. The van der Waals surface area contributed by atoms with E-state index >= 15 is 0 Å². The van der Waals surface area contributed by atoms with Gasteiger partial charge in [0, 0.05) is 13.1 Å². The number of benzene rings is 2. The molecule has 2 aromatic rings. The third-order valence-corrected chi connectivity index (χ3v) is 5.07. The molecule has 29 heavy (non-hydrogen) atoms. The fourth-order valence-electron chi connectivity index (χ4n) is 3.52. The molecular formula is C23H28N2O4. The lowest BCUT2D eigenvalue weighted by Crippen LogP contribution is -2.46. The first-order valence-corrected chi connectivity index (χ1v) is 10.0. The second-order valence-electron chi connectivity index (χ2n) is 7.13. The fourth-order valence-corrected chi connectivity index (χ4v) is 3.52. The van der Waals surface area contributed by atoms with E-state index in [1.165, 1.54) is 0 Å². The van der Waals surface area contributed by atoms with Gasteiger partial charge in [-0.1, -0.05) is 42.5 Å². The number of para-hydroxylation sites is 2. The van der Waals surface area contributed by atoms with Crippen molar-refractivity contribution in [3.8, 4) is 11.5 Å². The quantitative estimate of drug-likeness (QED) is 0.697. The minimum Gasteiger partial charge on any atom is -0.493 e. The molecule has 1 heterocycles. The number of methoxy groups -OCH3 is 1. The van der Waals surface area contributed by atoms with Crippen molar-refractivity contribution in [3.05, 3.63) is 60.2 Å². The van der Waals surface area contributed by atoms with E-state index in [-0.39, 0.29) is 17.7 Å². The monoisotopic (exact) mass is 396 g/mol. The van der Waals surface area contributed by atoms with E-state index < -0.39 is 0 Å². The molecule has 1 atom stereocenters. The van der Waals surface area contributed by atoms with Crippen molar-refractivity contribution in [2.45, 2.75) is 19.3 Å². The van der Waals surface area contributed by atoms with Gasteiger partial charge in [0.15, 0.2) is 11.5 Å². The smallest absolute Gasteiger partial charge is 0.227 e. The molecule has 2 amide bonds. The SMILES string of the molecule is COc1ccccc1OCCNC(=O)C1CCCN(C(=O)Cc2ccccc2)C1. The Labute approximate surface area is 171 Å². The zero-order valence-corrected chi connectivity index (χ0v) is 16.8. The molecule has 1 aliphatic heterocycles. The van der Waals surface area contributed by atoms with Gasteiger partial charge in [-0.2, -0.15) is 0 Å². The van der Waals surface area contributed by atoms with Gasteiger partial charge < -0.3 is 19.7 Å². The third kappa shape index (κ3) is 5.98. The van der Waals surface area contributed by atoms with E-state index in [4.69, 9.17) is 9.47 Å². The van der Waals surface area contributed by atoms with E-state index in [9.17, 15) is 9.59 Å². The van der Waals surface area contributed by atoms with Gasteiger partial charge in [0.1, 0.15) is 6.61 Å². The van der Waals surface area contributed by atoms with E-state index in [2.05, 4.69) is 5.32 Å². The van der Waals surface area contributed by atoms with Gasteiger partial charge in [0.05, 0.1) is 26.0 Å². The lowest BCUT2D eigenvalue weighted by Gasteiger charge is -2.32. The van der Waals surface area contributed by atoms with Crippen LogP contribution in [0.3, 0.4) is 0 Å². The van der Waals surface area contributed by atoms with Gasteiger partial charge in [-0.05, 0) is 30.5 Å². The number of carbonyl (C=O) groups is 2. The van der Waals surface area contributed by atoms with Crippen LogP contribution in [0.15, 0.2) is 54.6 Å². The molecule has 1 saturated heterocycles. The highest BCUT2D eigenvalue weighted by Crippen LogP contribution is 2.25. The number of nitrogens with zero attached hydrogens (tertiary/aromatic N) is 1. The van der Waals surface area contributed by atoms with Crippen molar-refractivity contribution in [2.75, 3.05) is 33.4 Å². The van der Waals surface area contributed by atoms with Crippen molar-refractivity contribution in [1.82, 2.24) is 10.2 Å². The number of ether oxygens (including phenoxy) is 2. The summed E-state index contributed by atoms with van der Waals surface area (Å²) < 4.78 is 10.9. The molecule has 1 aliphatic rings. The molecule has 1 N–H and O–H groups in total. The van der Waals surface area contributed by atoms with Gasteiger partial charge in [-0.15, -0.1) is 0 Å². The van der Waals surface area contributed by atoms with E-state index in [1.807, 2.05) is 59.5 Å². The summed E-state index contributed by atoms with van der Waals surface area (Å²) in [6.45, 7) is 1.96. The Hall–Kier alpha value is -3.02. The van der Waals surface area contributed by atoms with Gasteiger partial charge in [-0.25, -0.2) is 0 Å². The van der Waals surface area contributed by atoms with E-state index in [0.717, 1.165) is 18.4 Å². The zero-order chi connectivity index (χ0) is 20.5. The van der Waals surface area contributed by atoms with E-state index in [0.29, 0.717) is 44.2 Å². The number of hydrogen-bond donors (Lipinski definition) is 1. The van der Waals surface area contributed by atoms with Crippen molar-refractivity contribution < 1.29 is 19.1 Å². The molecule has 1 fully saturated rings. The van der Waals surface area contributed by atoms with Crippen LogP contribution in [-0.4, -0.2) is 50.1 Å². The van der Waals surface area contributed by atoms with Crippen molar-refractivity contribution in [2.24, 2.45) is 5.92 Å². The standard InChI is InChI=1S/C23H28N2O4/c1-28-20-11-5-6-12-21(20)29-15-13-24-23(27)19-10-7-14-25(17-19)22(26)16-18-8-3-2-4-9-18/h2-6,8-9,11-12,19H,7,10,13-17H2,1H3,(H,24,27). The Bertz CT molecular complexity index is 810. The van der Waals surface area contributed by atoms with Gasteiger partial charge in [-0.3, -0.25) is 9.59 Å². The minimum absolute atomic E-state index is 0.0224. The molecule has 3 rings (SSSR count). The first-order valence-electron chi connectivity index (χ1n) is 10.0. The summed E-state index contributed by atoms with van der Waals surface area (Å²) in [5.74, 6) is 1.20.